The van der Waals surface area contributed by atoms with E-state index < -0.39 is 30.5 Å². The van der Waals surface area contributed by atoms with Crippen LogP contribution in [0.1, 0.15) is 44.7 Å². The molecule has 2 aliphatic heterocycles. The lowest BCUT2D eigenvalue weighted by molar-refractivity contribution is -0.197. The van der Waals surface area contributed by atoms with Crippen molar-refractivity contribution in [2.24, 2.45) is 13.0 Å². The van der Waals surface area contributed by atoms with Crippen LogP contribution in [0.15, 0.2) is 91.0 Å². The molecule has 0 unspecified atom stereocenters. The number of benzene rings is 3. The third-order valence-electron chi connectivity index (χ3n) is 10.3. The number of hydrogen-bond acceptors (Lipinski definition) is 8. The number of rotatable bonds is 10. The van der Waals surface area contributed by atoms with Gasteiger partial charge in [-0.15, -0.1) is 0 Å². The molecule has 0 bridgehead atoms. The molecule has 0 aliphatic carbocycles. The van der Waals surface area contributed by atoms with Gasteiger partial charge >= 0.3 is 12.3 Å². The van der Waals surface area contributed by atoms with Gasteiger partial charge in [0, 0.05) is 57.8 Å². The van der Waals surface area contributed by atoms with Gasteiger partial charge in [-0.2, -0.15) is 23.3 Å². The maximum atomic E-state index is 14.3. The van der Waals surface area contributed by atoms with Crippen LogP contribution in [0, 0.1) is 5.92 Å². The number of pyridine rings is 1. The first-order valence-corrected chi connectivity index (χ1v) is 19.2. The zero-order valence-corrected chi connectivity index (χ0v) is 32.3. The van der Waals surface area contributed by atoms with E-state index in [4.69, 9.17) is 24.3 Å². The number of carbonyl (C=O) groups is 1. The Bertz CT molecular complexity index is 2100. The first-order chi connectivity index (χ1) is 26.8. The fraction of sp³-hybridized carbons (Fsp3) is 0.419. The minimum absolute atomic E-state index is 0.0866. The van der Waals surface area contributed by atoms with E-state index in [2.05, 4.69) is 11.0 Å². The third-order valence-corrected chi connectivity index (χ3v) is 10.3. The first kappa shape index (κ1) is 39.0. The SMILES string of the molecule is Cn1nc(-c2ccc(OCc3ccccc3)nc2OCc2ccccc2)c2cccc(N3CCC(CN4CCN(C(=O)OC(C)(C)C)C[C@@H]4C(F)(F)F)CC3)c21. The van der Waals surface area contributed by atoms with Gasteiger partial charge in [0.25, 0.3) is 0 Å². The lowest BCUT2D eigenvalue weighted by atomic mass is 9.94. The fourth-order valence-electron chi connectivity index (χ4n) is 7.55. The monoisotopic (exact) mass is 770 g/mol. The Morgan fingerprint density at radius 2 is 1.46 bits per heavy atom. The Hall–Kier alpha value is -5.30. The van der Waals surface area contributed by atoms with Crippen molar-refractivity contribution in [1.82, 2.24) is 24.6 Å². The van der Waals surface area contributed by atoms with Crippen LogP contribution < -0.4 is 14.4 Å². The number of nitrogens with zero attached hydrogens (tertiary/aromatic N) is 6. The second-order valence-corrected chi connectivity index (χ2v) is 15.6. The van der Waals surface area contributed by atoms with E-state index in [0.717, 1.165) is 51.8 Å². The number of carbonyl (C=O) groups excluding carboxylic acids is 1. The largest absolute Gasteiger partial charge is 0.473 e. The molecule has 4 heterocycles. The molecule has 1 atom stereocenters. The number of fused-ring (bicyclic) bond motifs is 1. The molecule has 0 radical (unpaired) electrons. The van der Waals surface area contributed by atoms with E-state index in [1.54, 1.807) is 20.8 Å². The summed E-state index contributed by atoms with van der Waals surface area (Å²) in [4.78, 5) is 22.4. The van der Waals surface area contributed by atoms with Gasteiger partial charge in [-0.3, -0.25) is 9.58 Å². The van der Waals surface area contributed by atoms with Crippen molar-refractivity contribution in [3.05, 3.63) is 102 Å². The Balaban J connectivity index is 1.07. The Kier molecular flexibility index (Phi) is 11.4. The Labute approximate surface area is 325 Å². The molecule has 2 fully saturated rings. The summed E-state index contributed by atoms with van der Waals surface area (Å²) in [6, 6.07) is 28.0. The van der Waals surface area contributed by atoms with Gasteiger partial charge in [0.15, 0.2) is 0 Å². The minimum atomic E-state index is -4.47. The maximum Gasteiger partial charge on any atom is 0.410 e. The summed E-state index contributed by atoms with van der Waals surface area (Å²) in [5.41, 5.74) is 4.69. The number of hydrogen-bond donors (Lipinski definition) is 0. The lowest BCUT2D eigenvalue weighted by Gasteiger charge is -2.44. The van der Waals surface area contributed by atoms with E-state index in [1.807, 2.05) is 96.7 Å². The molecule has 7 rings (SSSR count). The molecule has 56 heavy (non-hydrogen) atoms. The molecule has 0 N–H and O–H groups in total. The van der Waals surface area contributed by atoms with Crippen LogP contribution in [-0.4, -0.2) is 87.7 Å². The number of aryl methyl sites for hydroxylation is 1. The van der Waals surface area contributed by atoms with E-state index in [9.17, 15) is 18.0 Å². The predicted molar refractivity (Wildman–Crippen MR) is 210 cm³/mol. The number of ether oxygens (including phenoxy) is 3. The van der Waals surface area contributed by atoms with Crippen molar-refractivity contribution in [2.75, 3.05) is 44.2 Å². The fourth-order valence-corrected chi connectivity index (χ4v) is 7.55. The van der Waals surface area contributed by atoms with E-state index in [1.165, 1.54) is 9.80 Å². The van der Waals surface area contributed by atoms with Crippen molar-refractivity contribution < 1.29 is 32.2 Å². The maximum absolute atomic E-state index is 14.3. The van der Waals surface area contributed by atoms with Crippen molar-refractivity contribution in [2.45, 2.75) is 64.6 Å². The van der Waals surface area contributed by atoms with Crippen molar-refractivity contribution in [3.8, 4) is 23.0 Å². The topological polar surface area (TPSA) is 85.2 Å². The Morgan fingerprint density at radius 3 is 2.11 bits per heavy atom. The van der Waals surface area contributed by atoms with Crippen LogP contribution in [-0.2, 0) is 25.0 Å². The number of piperazine rings is 1. The molecule has 2 aliphatic rings. The molecule has 10 nitrogen and oxygen atoms in total. The van der Waals surface area contributed by atoms with Gasteiger partial charge in [-0.05, 0) is 62.8 Å². The van der Waals surface area contributed by atoms with Gasteiger partial charge in [0.2, 0.25) is 11.8 Å². The van der Waals surface area contributed by atoms with Crippen LogP contribution in [0.25, 0.3) is 22.2 Å². The summed E-state index contributed by atoms with van der Waals surface area (Å²) in [6.45, 7) is 7.44. The molecule has 13 heteroatoms. The number of amides is 1. The third kappa shape index (κ3) is 9.21. The number of halogens is 3. The van der Waals surface area contributed by atoms with Crippen molar-refractivity contribution in [3.63, 3.8) is 0 Å². The molecular weight excluding hydrogens is 722 g/mol. The highest BCUT2D eigenvalue weighted by atomic mass is 19.4. The summed E-state index contributed by atoms with van der Waals surface area (Å²) in [6.07, 6.45) is -3.69. The zero-order valence-electron chi connectivity index (χ0n) is 32.3. The minimum Gasteiger partial charge on any atom is -0.473 e. The molecule has 0 spiro atoms. The highest BCUT2D eigenvalue weighted by molar-refractivity contribution is 6.01. The summed E-state index contributed by atoms with van der Waals surface area (Å²) >= 11 is 0. The number of aromatic nitrogens is 3. The van der Waals surface area contributed by atoms with Gasteiger partial charge < -0.3 is 24.0 Å². The highest BCUT2D eigenvalue weighted by Gasteiger charge is 2.48. The van der Waals surface area contributed by atoms with Crippen LogP contribution in [0.4, 0.5) is 23.7 Å². The molecule has 3 aromatic carbocycles. The lowest BCUT2D eigenvalue weighted by Crippen LogP contribution is -2.61. The molecule has 2 saturated heterocycles. The Morgan fingerprint density at radius 1 is 0.804 bits per heavy atom. The summed E-state index contributed by atoms with van der Waals surface area (Å²) in [5, 5.41) is 5.93. The van der Waals surface area contributed by atoms with Crippen LogP contribution in [0.2, 0.25) is 0 Å². The summed E-state index contributed by atoms with van der Waals surface area (Å²) in [5.74, 6) is 0.939. The van der Waals surface area contributed by atoms with Crippen LogP contribution in [0.3, 0.4) is 0 Å². The van der Waals surface area contributed by atoms with Crippen molar-refractivity contribution in [1.29, 1.82) is 0 Å². The van der Waals surface area contributed by atoms with E-state index in [-0.39, 0.29) is 19.0 Å². The number of para-hydroxylation sites is 1. The van der Waals surface area contributed by atoms with Gasteiger partial charge in [0.05, 0.1) is 16.8 Å². The van der Waals surface area contributed by atoms with Gasteiger partial charge in [0.1, 0.15) is 30.6 Å². The standard InChI is InChI=1S/C43H49F3N6O4/c1-42(2,3)56-41(53)52-25-24-51(36(27-52)43(44,45)46)26-30-20-22-50(23-21-30)35-17-11-16-33-38(48-49(4)39(33)35)34-18-19-37(54-28-31-12-7-5-8-13-31)47-40(34)55-29-32-14-9-6-10-15-32/h5-19,30,36H,20-29H2,1-4H3/t36-/m1/s1. The number of piperidine rings is 1. The van der Waals surface area contributed by atoms with E-state index in [0.29, 0.717) is 44.6 Å². The quantitative estimate of drug-likeness (QED) is 0.140. The molecule has 0 saturated carbocycles. The second kappa shape index (κ2) is 16.4. The molecule has 1 amide bonds. The predicted octanol–water partition coefficient (Wildman–Crippen LogP) is 8.49. The molecule has 2 aromatic heterocycles. The number of anilines is 1. The van der Waals surface area contributed by atoms with Crippen LogP contribution >= 0.6 is 0 Å². The highest BCUT2D eigenvalue weighted by Crippen LogP contribution is 2.39. The average Bonchev–Trinajstić information content (AvgIpc) is 3.52. The second-order valence-electron chi connectivity index (χ2n) is 15.6. The molecular formula is C43H49F3N6O4. The number of alkyl halides is 3. The van der Waals surface area contributed by atoms with Crippen molar-refractivity contribution >= 4 is 22.7 Å². The molecule has 5 aromatic rings. The zero-order chi connectivity index (χ0) is 39.5. The van der Waals surface area contributed by atoms with Gasteiger partial charge in [-0.1, -0.05) is 72.8 Å². The summed E-state index contributed by atoms with van der Waals surface area (Å²) < 4.78 is 62.7. The summed E-state index contributed by atoms with van der Waals surface area (Å²) in [7, 11) is 1.92. The smallest absolute Gasteiger partial charge is 0.410 e. The average molecular weight is 771 g/mol. The first-order valence-electron chi connectivity index (χ1n) is 19.2. The molecule has 296 valence electrons. The van der Waals surface area contributed by atoms with Crippen LogP contribution in [0.5, 0.6) is 11.8 Å². The van der Waals surface area contributed by atoms with E-state index >= 15 is 0 Å². The van der Waals surface area contributed by atoms with Gasteiger partial charge in [-0.25, -0.2) is 4.79 Å². The normalized spacial score (nSPS) is 17.3.